The van der Waals surface area contributed by atoms with E-state index in [0.29, 0.717) is 10.5 Å². The van der Waals surface area contributed by atoms with Gasteiger partial charge in [0.05, 0.1) is 28.7 Å². The molecule has 3 rings (SSSR count). The molecule has 1 aliphatic heterocycles. The first-order valence-corrected chi connectivity index (χ1v) is 10.9. The molecule has 0 unspecified atom stereocenters. The molecule has 0 spiro atoms. The molecule has 0 bridgehead atoms. The minimum atomic E-state index is -1.44. The van der Waals surface area contributed by atoms with Crippen LogP contribution < -0.4 is 16.0 Å². The topological polar surface area (TPSA) is 188 Å². The number of nitrogens with one attached hydrogen (secondary N) is 3. The molecule has 0 saturated heterocycles. The zero-order valence-electron chi connectivity index (χ0n) is 17.7. The summed E-state index contributed by atoms with van der Waals surface area (Å²) in [5.74, 6) is -3.35. The summed E-state index contributed by atoms with van der Waals surface area (Å²) in [5, 5.41) is 37.7. The summed E-state index contributed by atoms with van der Waals surface area (Å²) in [6.45, 7) is 0.754. The number of carbonyl (C=O) groups is 4. The first kappa shape index (κ1) is 24.7. The van der Waals surface area contributed by atoms with Crippen molar-refractivity contribution in [3.8, 4) is 0 Å². The molecule has 0 saturated carbocycles. The van der Waals surface area contributed by atoms with Crippen LogP contribution in [0.25, 0.3) is 0 Å². The van der Waals surface area contributed by atoms with Gasteiger partial charge in [0.1, 0.15) is 6.04 Å². The van der Waals surface area contributed by atoms with Gasteiger partial charge in [-0.1, -0.05) is 6.07 Å². The molecule has 1 aliphatic rings. The highest BCUT2D eigenvalue weighted by Crippen LogP contribution is 2.32. The number of benzene rings is 2. The number of aliphatic hydroxyl groups excluding tert-OH is 1. The molecule has 1 heterocycles. The van der Waals surface area contributed by atoms with Crippen LogP contribution in [0.5, 0.6) is 0 Å². The zero-order chi connectivity index (χ0) is 25.0. The molecule has 178 valence electrons. The van der Waals surface area contributed by atoms with E-state index >= 15 is 0 Å². The highest BCUT2D eigenvalue weighted by atomic mass is 32.2. The molecule has 2 atom stereocenters. The molecule has 2 aromatic rings. The largest absolute Gasteiger partial charge is 0.478 e. The van der Waals surface area contributed by atoms with Gasteiger partial charge in [0.25, 0.3) is 11.6 Å². The van der Waals surface area contributed by atoms with Gasteiger partial charge in [-0.15, -0.1) is 11.8 Å². The van der Waals surface area contributed by atoms with Gasteiger partial charge in [0, 0.05) is 28.5 Å². The highest BCUT2D eigenvalue weighted by Gasteiger charge is 2.28. The van der Waals surface area contributed by atoms with Crippen molar-refractivity contribution in [3.05, 3.63) is 63.2 Å². The Morgan fingerprint density at radius 3 is 2.59 bits per heavy atom. The number of nitro groups is 1. The maximum absolute atomic E-state index is 13.0. The molecule has 3 amide bonds. The van der Waals surface area contributed by atoms with Crippen LogP contribution in [0.2, 0.25) is 0 Å². The van der Waals surface area contributed by atoms with Crippen LogP contribution in [0.4, 0.5) is 11.4 Å². The molecular formula is C21H20N4O8S. The Balaban J connectivity index is 2.08. The lowest BCUT2D eigenvalue weighted by atomic mass is 10.1. The highest BCUT2D eigenvalue weighted by molar-refractivity contribution is 7.98. The third-order valence-electron chi connectivity index (χ3n) is 4.91. The van der Waals surface area contributed by atoms with E-state index < -0.39 is 47.3 Å². The van der Waals surface area contributed by atoms with E-state index in [4.69, 9.17) is 0 Å². The normalized spacial score (nSPS) is 17.7. The fourth-order valence-corrected chi connectivity index (χ4v) is 4.17. The number of non-ortho nitro benzene ring substituents is 1. The number of nitrogens with zero attached hydrogens (tertiary/aromatic N) is 1. The van der Waals surface area contributed by atoms with Crippen LogP contribution in [0.1, 0.15) is 33.2 Å². The van der Waals surface area contributed by atoms with Gasteiger partial charge in [0.15, 0.2) is 0 Å². The number of aromatic carboxylic acids is 1. The Hall–Kier alpha value is -3.97. The molecule has 0 aliphatic carbocycles. The number of aliphatic hydroxyl groups is 1. The van der Waals surface area contributed by atoms with Crippen molar-refractivity contribution >= 4 is 46.8 Å². The Labute approximate surface area is 196 Å². The molecule has 5 N–H and O–H groups in total. The van der Waals surface area contributed by atoms with Crippen molar-refractivity contribution in [1.29, 1.82) is 0 Å². The van der Waals surface area contributed by atoms with Crippen LogP contribution in [-0.2, 0) is 15.3 Å². The number of carbonyl (C=O) groups excluding carboxylic acids is 3. The van der Waals surface area contributed by atoms with Crippen LogP contribution in [0, 0.1) is 10.1 Å². The first-order valence-electron chi connectivity index (χ1n) is 9.90. The molecule has 12 nitrogen and oxygen atoms in total. The number of hydrogen-bond donors (Lipinski definition) is 5. The van der Waals surface area contributed by atoms with Gasteiger partial charge >= 0.3 is 5.97 Å². The lowest BCUT2D eigenvalue weighted by Crippen LogP contribution is -2.53. The summed E-state index contributed by atoms with van der Waals surface area (Å²) < 4.78 is 0. The monoisotopic (exact) mass is 488 g/mol. The molecule has 2 aromatic carbocycles. The quantitative estimate of drug-likeness (QED) is 0.312. The first-order chi connectivity index (χ1) is 16.1. The number of thioether (sulfide) groups is 1. The van der Waals surface area contributed by atoms with E-state index in [-0.39, 0.29) is 28.3 Å². The average molecular weight is 488 g/mol. The summed E-state index contributed by atoms with van der Waals surface area (Å²) >= 11 is 1.12. The number of hydrogen-bond acceptors (Lipinski definition) is 8. The van der Waals surface area contributed by atoms with Gasteiger partial charge in [-0.25, -0.2) is 4.79 Å². The fourth-order valence-electron chi connectivity index (χ4n) is 3.14. The minimum absolute atomic E-state index is 0.0706. The van der Waals surface area contributed by atoms with Gasteiger partial charge in [-0.2, -0.15) is 0 Å². The van der Waals surface area contributed by atoms with E-state index in [1.54, 1.807) is 0 Å². The standard InChI is InChI=1S/C21H20N4O8S/c1-10(26)18-20(29)22-8-17(27)23-15-6-11(21(30)31)2-3-12(15)9-34-16-5-4-13(25(32)33)7-14(16)19(28)24-18/h2-7,10,18,26H,8-9H2,1H3,(H,22,29)(H,23,27)(H,24,28)(H,30,31)/t10-,18+/m1/s1. The van der Waals surface area contributed by atoms with Gasteiger partial charge in [-0.05, 0) is 30.7 Å². The third-order valence-corrected chi connectivity index (χ3v) is 6.03. The summed E-state index contributed by atoms with van der Waals surface area (Å²) in [7, 11) is 0. The predicted molar refractivity (Wildman–Crippen MR) is 121 cm³/mol. The molecule has 0 fully saturated rings. The molecule has 34 heavy (non-hydrogen) atoms. The summed E-state index contributed by atoms with van der Waals surface area (Å²) in [6.07, 6.45) is -1.34. The number of fused-ring (bicyclic) bond motifs is 2. The number of anilines is 1. The van der Waals surface area contributed by atoms with Crippen molar-refractivity contribution in [2.24, 2.45) is 0 Å². The van der Waals surface area contributed by atoms with E-state index in [2.05, 4.69) is 16.0 Å². The summed E-state index contributed by atoms with van der Waals surface area (Å²) in [6, 6.07) is 6.36. The Kier molecular flexibility index (Phi) is 7.48. The second-order valence-corrected chi connectivity index (χ2v) is 8.38. The van der Waals surface area contributed by atoms with E-state index in [1.807, 2.05) is 0 Å². The zero-order valence-corrected chi connectivity index (χ0v) is 18.5. The second-order valence-electron chi connectivity index (χ2n) is 7.36. The van der Waals surface area contributed by atoms with Crippen LogP contribution in [0.15, 0.2) is 41.3 Å². The Bertz CT molecular complexity index is 1180. The molecule has 0 radical (unpaired) electrons. The third kappa shape index (κ3) is 5.68. The lowest BCUT2D eigenvalue weighted by molar-refractivity contribution is -0.384. The minimum Gasteiger partial charge on any atom is -0.478 e. The maximum atomic E-state index is 13.0. The van der Waals surface area contributed by atoms with Crippen molar-refractivity contribution < 1.29 is 34.3 Å². The van der Waals surface area contributed by atoms with E-state index in [0.717, 1.165) is 17.8 Å². The van der Waals surface area contributed by atoms with Gasteiger partial charge in [0.2, 0.25) is 11.8 Å². The number of carboxylic acids is 1. The molecular weight excluding hydrogens is 468 g/mol. The lowest BCUT2D eigenvalue weighted by Gasteiger charge is -2.22. The number of nitro benzene ring substituents is 1. The van der Waals surface area contributed by atoms with Gasteiger partial charge in [-0.3, -0.25) is 24.5 Å². The SMILES string of the molecule is C[C@@H](O)[C@@H]1NC(=O)c2cc([N+](=O)[O-])ccc2SCc2ccc(C(=O)O)cc2NC(=O)CNC1=O. The molecule has 0 aromatic heterocycles. The number of amides is 3. The predicted octanol–water partition coefficient (Wildman–Crippen LogP) is 1.13. The van der Waals surface area contributed by atoms with Crippen molar-refractivity contribution in [1.82, 2.24) is 10.6 Å². The molecule has 13 heteroatoms. The van der Waals surface area contributed by atoms with Gasteiger partial charge < -0.3 is 26.2 Å². The van der Waals surface area contributed by atoms with Crippen molar-refractivity contribution in [3.63, 3.8) is 0 Å². The summed E-state index contributed by atoms with van der Waals surface area (Å²) in [4.78, 5) is 60.1. The Morgan fingerprint density at radius 1 is 1.21 bits per heavy atom. The van der Waals surface area contributed by atoms with E-state index in [1.165, 1.54) is 37.3 Å². The Morgan fingerprint density at radius 2 is 1.94 bits per heavy atom. The smallest absolute Gasteiger partial charge is 0.335 e. The van der Waals surface area contributed by atoms with Crippen LogP contribution in [-0.4, -0.2) is 57.5 Å². The average Bonchev–Trinajstić information content (AvgIpc) is 2.78. The van der Waals surface area contributed by atoms with Crippen molar-refractivity contribution in [2.75, 3.05) is 11.9 Å². The van der Waals surface area contributed by atoms with Crippen molar-refractivity contribution in [2.45, 2.75) is 29.7 Å². The number of rotatable bonds is 3. The fraction of sp³-hybridized carbons (Fsp3) is 0.238. The summed E-state index contributed by atoms with van der Waals surface area (Å²) in [5.41, 5.74) is 0.232. The van der Waals surface area contributed by atoms with Crippen LogP contribution >= 0.6 is 11.8 Å². The second kappa shape index (κ2) is 10.3. The van der Waals surface area contributed by atoms with E-state index in [9.17, 15) is 39.5 Å². The van der Waals surface area contributed by atoms with Crippen LogP contribution in [0.3, 0.4) is 0 Å². The number of carboxylic acid groups (broad SMARTS) is 1. The maximum Gasteiger partial charge on any atom is 0.335 e.